The number of para-hydroxylation sites is 2. The van der Waals surface area contributed by atoms with Gasteiger partial charge < -0.3 is 24.6 Å². The third-order valence-electron chi connectivity index (χ3n) is 5.76. The lowest BCUT2D eigenvalue weighted by molar-refractivity contribution is -0.122. The van der Waals surface area contributed by atoms with Crippen LogP contribution in [0.4, 0.5) is 17.1 Å². The fraction of sp³-hybridized carbons (Fsp3) is 0.375. The topological polar surface area (TPSA) is 88.2 Å². The normalized spacial score (nSPS) is 18.2. The molecule has 1 N–H and O–H groups in total. The second-order valence-electron chi connectivity index (χ2n) is 7.83. The van der Waals surface area contributed by atoms with Crippen LogP contribution in [-0.2, 0) is 14.4 Å². The summed E-state index contributed by atoms with van der Waals surface area (Å²) in [5, 5.41) is 2.89. The van der Waals surface area contributed by atoms with E-state index in [-0.39, 0.29) is 30.7 Å². The summed E-state index contributed by atoms with van der Waals surface area (Å²) in [6.07, 6.45) is 1.48. The predicted molar refractivity (Wildman–Crippen MR) is 121 cm³/mol. The third kappa shape index (κ3) is 4.26. The number of benzene rings is 2. The zero-order chi connectivity index (χ0) is 22.7. The maximum atomic E-state index is 12.9. The Balaban J connectivity index is 1.47. The van der Waals surface area contributed by atoms with E-state index < -0.39 is 5.92 Å². The van der Waals surface area contributed by atoms with Crippen LogP contribution in [0.3, 0.4) is 0 Å². The Morgan fingerprint density at radius 1 is 1.06 bits per heavy atom. The van der Waals surface area contributed by atoms with Crippen molar-refractivity contribution in [3.63, 3.8) is 0 Å². The van der Waals surface area contributed by atoms with E-state index in [0.29, 0.717) is 48.1 Å². The Morgan fingerprint density at radius 2 is 1.84 bits per heavy atom. The van der Waals surface area contributed by atoms with Crippen LogP contribution < -0.4 is 24.6 Å². The molecule has 2 saturated heterocycles. The average Bonchev–Trinajstić information content (AvgIpc) is 3.40. The summed E-state index contributed by atoms with van der Waals surface area (Å²) in [6, 6.07) is 12.6. The Morgan fingerprint density at radius 3 is 2.56 bits per heavy atom. The van der Waals surface area contributed by atoms with Crippen molar-refractivity contribution in [2.45, 2.75) is 26.2 Å². The number of carbonyl (C=O) groups excluding carboxylic acids is 3. The number of rotatable bonds is 7. The quantitative estimate of drug-likeness (QED) is 0.719. The molecular formula is C24H27N3O5. The van der Waals surface area contributed by atoms with Crippen molar-refractivity contribution in [2.24, 2.45) is 5.92 Å². The third-order valence-corrected chi connectivity index (χ3v) is 5.76. The van der Waals surface area contributed by atoms with Gasteiger partial charge in [0.1, 0.15) is 11.5 Å². The Hall–Kier alpha value is -3.55. The highest BCUT2D eigenvalue weighted by Crippen LogP contribution is 2.35. The highest BCUT2D eigenvalue weighted by molar-refractivity contribution is 6.04. The van der Waals surface area contributed by atoms with Gasteiger partial charge in [-0.3, -0.25) is 14.4 Å². The number of methoxy groups -OCH3 is 1. The molecule has 2 aromatic rings. The van der Waals surface area contributed by atoms with Gasteiger partial charge >= 0.3 is 0 Å². The van der Waals surface area contributed by atoms with E-state index in [4.69, 9.17) is 9.47 Å². The van der Waals surface area contributed by atoms with Crippen LogP contribution in [0.2, 0.25) is 0 Å². The van der Waals surface area contributed by atoms with Crippen LogP contribution in [0.5, 0.6) is 11.5 Å². The molecule has 32 heavy (non-hydrogen) atoms. The molecule has 4 rings (SSSR count). The van der Waals surface area contributed by atoms with Gasteiger partial charge in [0, 0.05) is 37.7 Å². The first-order valence-electron chi connectivity index (χ1n) is 10.8. The lowest BCUT2D eigenvalue weighted by Crippen LogP contribution is -2.28. The van der Waals surface area contributed by atoms with Crippen molar-refractivity contribution < 1.29 is 23.9 Å². The minimum absolute atomic E-state index is 0.0666. The van der Waals surface area contributed by atoms with E-state index >= 15 is 0 Å². The molecule has 0 spiro atoms. The summed E-state index contributed by atoms with van der Waals surface area (Å²) in [4.78, 5) is 41.0. The van der Waals surface area contributed by atoms with Crippen LogP contribution >= 0.6 is 0 Å². The summed E-state index contributed by atoms with van der Waals surface area (Å²) >= 11 is 0. The molecule has 2 aromatic carbocycles. The Kier molecular flexibility index (Phi) is 6.30. The molecule has 8 nitrogen and oxygen atoms in total. The number of carbonyl (C=O) groups is 3. The SMILES string of the molecule is CCOc1ccccc1N1CC(C(=O)Nc2ccc(N3CCCC3=O)c(OC)c2)CC1=O. The molecule has 0 aromatic heterocycles. The second kappa shape index (κ2) is 9.30. The van der Waals surface area contributed by atoms with Gasteiger partial charge in [-0.2, -0.15) is 0 Å². The van der Waals surface area contributed by atoms with Crippen molar-refractivity contribution in [1.82, 2.24) is 0 Å². The lowest BCUT2D eigenvalue weighted by atomic mass is 10.1. The first-order chi connectivity index (χ1) is 15.5. The van der Waals surface area contributed by atoms with Gasteiger partial charge in [0.25, 0.3) is 0 Å². The minimum atomic E-state index is -0.483. The average molecular weight is 437 g/mol. The molecule has 0 saturated carbocycles. The number of hydrogen-bond donors (Lipinski definition) is 1. The smallest absolute Gasteiger partial charge is 0.229 e. The van der Waals surface area contributed by atoms with E-state index in [1.54, 1.807) is 28.0 Å². The highest BCUT2D eigenvalue weighted by atomic mass is 16.5. The number of ether oxygens (including phenoxy) is 2. The second-order valence-corrected chi connectivity index (χ2v) is 7.83. The maximum absolute atomic E-state index is 12.9. The maximum Gasteiger partial charge on any atom is 0.229 e. The van der Waals surface area contributed by atoms with E-state index in [1.165, 1.54) is 7.11 Å². The Bertz CT molecular complexity index is 1040. The van der Waals surface area contributed by atoms with Crippen LogP contribution in [0, 0.1) is 5.92 Å². The molecule has 0 radical (unpaired) electrons. The highest BCUT2D eigenvalue weighted by Gasteiger charge is 2.36. The molecule has 2 fully saturated rings. The van der Waals surface area contributed by atoms with Crippen LogP contribution in [0.15, 0.2) is 42.5 Å². The monoisotopic (exact) mass is 437 g/mol. The summed E-state index contributed by atoms with van der Waals surface area (Å²) in [5.74, 6) is 0.383. The lowest BCUT2D eigenvalue weighted by Gasteiger charge is -2.21. The van der Waals surface area contributed by atoms with Crippen molar-refractivity contribution in [3.05, 3.63) is 42.5 Å². The van der Waals surface area contributed by atoms with Crippen molar-refractivity contribution in [3.8, 4) is 11.5 Å². The van der Waals surface area contributed by atoms with Crippen LogP contribution in [0.25, 0.3) is 0 Å². The molecule has 2 heterocycles. The van der Waals surface area contributed by atoms with Gasteiger partial charge in [-0.1, -0.05) is 12.1 Å². The minimum Gasteiger partial charge on any atom is -0.494 e. The number of amides is 3. The largest absolute Gasteiger partial charge is 0.494 e. The molecule has 3 amide bonds. The van der Waals surface area contributed by atoms with E-state index in [0.717, 1.165) is 6.42 Å². The van der Waals surface area contributed by atoms with E-state index in [9.17, 15) is 14.4 Å². The van der Waals surface area contributed by atoms with Gasteiger partial charge in [-0.05, 0) is 37.6 Å². The molecule has 2 aliphatic rings. The molecule has 8 heteroatoms. The van der Waals surface area contributed by atoms with E-state index in [1.807, 2.05) is 31.2 Å². The number of nitrogens with zero attached hydrogens (tertiary/aromatic N) is 2. The zero-order valence-electron chi connectivity index (χ0n) is 18.3. The van der Waals surface area contributed by atoms with Gasteiger partial charge in [0.2, 0.25) is 17.7 Å². The summed E-state index contributed by atoms with van der Waals surface area (Å²) in [7, 11) is 1.54. The van der Waals surface area contributed by atoms with Crippen LogP contribution in [-0.4, -0.2) is 44.5 Å². The summed E-state index contributed by atoms with van der Waals surface area (Å²) < 4.78 is 11.1. The number of anilines is 3. The van der Waals surface area contributed by atoms with E-state index in [2.05, 4.69) is 5.32 Å². The van der Waals surface area contributed by atoms with Gasteiger partial charge in [-0.15, -0.1) is 0 Å². The van der Waals surface area contributed by atoms with Crippen LogP contribution in [0.1, 0.15) is 26.2 Å². The fourth-order valence-corrected chi connectivity index (χ4v) is 4.20. The standard InChI is InChI=1S/C24H27N3O5/c1-3-32-20-8-5-4-7-18(20)27-15-16(13-23(27)29)24(30)25-17-10-11-19(21(14-17)31-2)26-12-6-9-22(26)28/h4-5,7-8,10-11,14,16H,3,6,9,12-13,15H2,1-2H3,(H,25,30). The molecule has 0 aliphatic carbocycles. The number of nitrogens with one attached hydrogen (secondary N) is 1. The molecule has 1 atom stereocenters. The van der Waals surface area contributed by atoms with Crippen molar-refractivity contribution in [1.29, 1.82) is 0 Å². The molecule has 0 bridgehead atoms. The summed E-state index contributed by atoms with van der Waals surface area (Å²) in [6.45, 7) is 3.32. The van der Waals surface area contributed by atoms with Crippen molar-refractivity contribution >= 4 is 34.8 Å². The predicted octanol–water partition coefficient (Wildman–Crippen LogP) is 3.21. The van der Waals surface area contributed by atoms with Crippen molar-refractivity contribution in [2.75, 3.05) is 41.9 Å². The van der Waals surface area contributed by atoms with Gasteiger partial charge in [-0.25, -0.2) is 0 Å². The first-order valence-corrected chi connectivity index (χ1v) is 10.8. The molecule has 1 unspecified atom stereocenters. The van der Waals surface area contributed by atoms with Gasteiger partial charge in [0.05, 0.1) is 31.0 Å². The first kappa shape index (κ1) is 21.7. The zero-order valence-corrected chi connectivity index (χ0v) is 18.3. The number of hydrogen-bond acceptors (Lipinski definition) is 5. The Labute approximate surface area is 187 Å². The molecule has 168 valence electrons. The molecular weight excluding hydrogens is 410 g/mol. The fourth-order valence-electron chi connectivity index (χ4n) is 4.20. The summed E-state index contributed by atoms with van der Waals surface area (Å²) in [5.41, 5.74) is 1.93. The molecule has 2 aliphatic heterocycles. The van der Waals surface area contributed by atoms with Gasteiger partial charge in [0.15, 0.2) is 0 Å².